The average Bonchev–Trinajstić information content (AvgIpc) is 3.22. The monoisotopic (exact) mass is 402 g/mol. The van der Waals surface area contributed by atoms with Crippen molar-refractivity contribution in [2.24, 2.45) is 0 Å². The van der Waals surface area contributed by atoms with Crippen molar-refractivity contribution < 1.29 is 9.32 Å². The summed E-state index contributed by atoms with van der Waals surface area (Å²) in [5, 5.41) is 4.10. The quantitative estimate of drug-likeness (QED) is 0.609. The van der Waals surface area contributed by atoms with Gasteiger partial charge in [0.25, 0.3) is 0 Å². The molecule has 0 unspecified atom stereocenters. The number of aromatic nitrogens is 2. The number of piperazine rings is 1. The van der Waals surface area contributed by atoms with E-state index in [9.17, 15) is 4.79 Å². The SMILES string of the molecule is Cc1ccc(/C=C/C(=O)N2CCN(Cc3nc(-c4ccc(C)cc4)no3)CC2)cc1. The Balaban J connectivity index is 1.28. The number of carbonyl (C=O) groups excluding carboxylic acids is 1. The van der Waals surface area contributed by atoms with Gasteiger partial charge in [0, 0.05) is 37.8 Å². The minimum Gasteiger partial charge on any atom is -0.338 e. The van der Waals surface area contributed by atoms with Crippen LogP contribution in [0, 0.1) is 13.8 Å². The Morgan fingerprint density at radius 2 is 1.60 bits per heavy atom. The first-order valence-corrected chi connectivity index (χ1v) is 10.2. The summed E-state index contributed by atoms with van der Waals surface area (Å²) >= 11 is 0. The van der Waals surface area contributed by atoms with Crippen LogP contribution in [0.1, 0.15) is 22.6 Å². The standard InChI is InChI=1S/C24H26N4O2/c1-18-3-7-20(8-4-18)9-12-23(29)28-15-13-27(14-16-28)17-22-25-24(26-30-22)21-10-5-19(2)6-11-21/h3-12H,13-17H2,1-2H3/b12-9+. The molecule has 1 aromatic heterocycles. The minimum absolute atomic E-state index is 0.0506. The van der Waals surface area contributed by atoms with Crippen molar-refractivity contribution in [3.63, 3.8) is 0 Å². The van der Waals surface area contributed by atoms with Crippen LogP contribution in [0.5, 0.6) is 0 Å². The van der Waals surface area contributed by atoms with Crippen LogP contribution < -0.4 is 0 Å². The van der Waals surface area contributed by atoms with E-state index < -0.39 is 0 Å². The van der Waals surface area contributed by atoms with Gasteiger partial charge in [-0.15, -0.1) is 0 Å². The van der Waals surface area contributed by atoms with E-state index in [-0.39, 0.29) is 5.91 Å². The lowest BCUT2D eigenvalue weighted by Crippen LogP contribution is -2.47. The Morgan fingerprint density at radius 1 is 0.967 bits per heavy atom. The molecular formula is C24H26N4O2. The molecule has 1 amide bonds. The van der Waals surface area contributed by atoms with E-state index in [1.807, 2.05) is 66.4 Å². The summed E-state index contributed by atoms with van der Waals surface area (Å²) in [6.45, 7) is 7.65. The van der Waals surface area contributed by atoms with E-state index in [1.54, 1.807) is 6.08 Å². The number of rotatable bonds is 5. The maximum atomic E-state index is 12.5. The molecule has 1 aliphatic heterocycles. The highest BCUT2D eigenvalue weighted by Gasteiger charge is 2.21. The zero-order valence-corrected chi connectivity index (χ0v) is 17.4. The van der Waals surface area contributed by atoms with Gasteiger partial charge in [-0.25, -0.2) is 0 Å². The molecule has 6 nitrogen and oxygen atoms in total. The van der Waals surface area contributed by atoms with Gasteiger partial charge in [0.1, 0.15) is 0 Å². The molecule has 1 fully saturated rings. The molecule has 6 heteroatoms. The first-order chi connectivity index (χ1) is 14.6. The van der Waals surface area contributed by atoms with Gasteiger partial charge in [0.15, 0.2) is 0 Å². The summed E-state index contributed by atoms with van der Waals surface area (Å²) in [4.78, 5) is 21.1. The van der Waals surface area contributed by atoms with Gasteiger partial charge in [0.05, 0.1) is 6.54 Å². The van der Waals surface area contributed by atoms with Crippen molar-refractivity contribution in [1.29, 1.82) is 0 Å². The Hall–Kier alpha value is -3.25. The van der Waals surface area contributed by atoms with E-state index in [1.165, 1.54) is 11.1 Å². The van der Waals surface area contributed by atoms with Crippen LogP contribution in [0.15, 0.2) is 59.1 Å². The Kier molecular flexibility index (Phi) is 6.05. The Bertz CT molecular complexity index is 1010. The molecule has 0 atom stereocenters. The molecule has 4 rings (SSSR count). The third-order valence-corrected chi connectivity index (χ3v) is 5.32. The Labute approximate surface area is 176 Å². The number of benzene rings is 2. The summed E-state index contributed by atoms with van der Waals surface area (Å²) in [7, 11) is 0. The lowest BCUT2D eigenvalue weighted by molar-refractivity contribution is -0.127. The number of nitrogens with zero attached hydrogens (tertiary/aromatic N) is 4. The summed E-state index contributed by atoms with van der Waals surface area (Å²) in [6.07, 6.45) is 3.53. The largest absolute Gasteiger partial charge is 0.338 e. The molecule has 0 bridgehead atoms. The van der Waals surface area contributed by atoms with Crippen LogP contribution in [0.4, 0.5) is 0 Å². The minimum atomic E-state index is 0.0506. The van der Waals surface area contributed by atoms with Crippen LogP contribution in [-0.2, 0) is 11.3 Å². The highest BCUT2D eigenvalue weighted by Crippen LogP contribution is 2.17. The lowest BCUT2D eigenvalue weighted by Gasteiger charge is -2.33. The third-order valence-electron chi connectivity index (χ3n) is 5.32. The van der Waals surface area contributed by atoms with E-state index >= 15 is 0 Å². The molecule has 2 aromatic carbocycles. The predicted octanol–water partition coefficient (Wildman–Crippen LogP) is 3.71. The summed E-state index contributed by atoms with van der Waals surface area (Å²) < 4.78 is 5.43. The van der Waals surface area contributed by atoms with Crippen LogP contribution in [-0.4, -0.2) is 52.0 Å². The van der Waals surface area contributed by atoms with E-state index in [4.69, 9.17) is 4.52 Å². The van der Waals surface area contributed by atoms with Gasteiger partial charge in [-0.2, -0.15) is 4.98 Å². The van der Waals surface area contributed by atoms with Crippen LogP contribution >= 0.6 is 0 Å². The van der Waals surface area contributed by atoms with Crippen molar-refractivity contribution in [2.45, 2.75) is 20.4 Å². The molecule has 2 heterocycles. The summed E-state index contributed by atoms with van der Waals surface area (Å²) in [5.41, 5.74) is 4.39. The highest BCUT2D eigenvalue weighted by atomic mass is 16.5. The predicted molar refractivity (Wildman–Crippen MR) is 117 cm³/mol. The molecule has 3 aromatic rings. The molecule has 0 spiro atoms. The molecule has 0 aliphatic carbocycles. The fourth-order valence-electron chi connectivity index (χ4n) is 3.41. The fourth-order valence-corrected chi connectivity index (χ4v) is 3.41. The number of hydrogen-bond acceptors (Lipinski definition) is 5. The molecule has 154 valence electrons. The third kappa shape index (κ3) is 5.02. The van der Waals surface area contributed by atoms with Crippen molar-refractivity contribution in [3.05, 3.63) is 77.2 Å². The number of aryl methyl sites for hydroxylation is 2. The second-order valence-electron chi connectivity index (χ2n) is 7.72. The second-order valence-corrected chi connectivity index (χ2v) is 7.72. The number of hydrogen-bond donors (Lipinski definition) is 0. The molecule has 1 saturated heterocycles. The van der Waals surface area contributed by atoms with E-state index in [0.717, 1.165) is 24.2 Å². The summed E-state index contributed by atoms with van der Waals surface area (Å²) in [5.74, 6) is 1.26. The van der Waals surface area contributed by atoms with Gasteiger partial charge in [-0.05, 0) is 25.5 Å². The van der Waals surface area contributed by atoms with E-state index in [0.29, 0.717) is 31.3 Å². The van der Waals surface area contributed by atoms with Gasteiger partial charge < -0.3 is 9.42 Å². The van der Waals surface area contributed by atoms with Gasteiger partial charge >= 0.3 is 0 Å². The molecule has 0 N–H and O–H groups in total. The van der Waals surface area contributed by atoms with Crippen LogP contribution in [0.2, 0.25) is 0 Å². The number of carbonyl (C=O) groups is 1. The first kappa shape index (κ1) is 20.0. The lowest BCUT2D eigenvalue weighted by atomic mass is 10.1. The topological polar surface area (TPSA) is 62.5 Å². The molecule has 0 radical (unpaired) electrons. The van der Waals surface area contributed by atoms with Gasteiger partial charge in [-0.1, -0.05) is 64.8 Å². The van der Waals surface area contributed by atoms with Crippen LogP contribution in [0.3, 0.4) is 0 Å². The zero-order valence-electron chi connectivity index (χ0n) is 17.4. The van der Waals surface area contributed by atoms with Crippen molar-refractivity contribution in [1.82, 2.24) is 19.9 Å². The van der Waals surface area contributed by atoms with Gasteiger partial charge in [0.2, 0.25) is 17.6 Å². The summed E-state index contributed by atoms with van der Waals surface area (Å²) in [6, 6.07) is 16.2. The van der Waals surface area contributed by atoms with Crippen molar-refractivity contribution in [3.8, 4) is 11.4 Å². The normalized spacial score (nSPS) is 15.1. The van der Waals surface area contributed by atoms with E-state index in [2.05, 4.69) is 22.0 Å². The number of amides is 1. The van der Waals surface area contributed by atoms with Gasteiger partial charge in [-0.3, -0.25) is 9.69 Å². The maximum Gasteiger partial charge on any atom is 0.246 e. The van der Waals surface area contributed by atoms with Crippen molar-refractivity contribution >= 4 is 12.0 Å². The average molecular weight is 402 g/mol. The molecule has 30 heavy (non-hydrogen) atoms. The first-order valence-electron chi connectivity index (χ1n) is 10.2. The fraction of sp³-hybridized carbons (Fsp3) is 0.292. The zero-order chi connectivity index (χ0) is 20.9. The smallest absolute Gasteiger partial charge is 0.246 e. The second kappa shape index (κ2) is 9.05. The highest BCUT2D eigenvalue weighted by molar-refractivity contribution is 5.91. The molecule has 1 aliphatic rings. The van der Waals surface area contributed by atoms with Crippen LogP contribution in [0.25, 0.3) is 17.5 Å². The van der Waals surface area contributed by atoms with Crippen molar-refractivity contribution in [2.75, 3.05) is 26.2 Å². The molecule has 0 saturated carbocycles. The molecular weight excluding hydrogens is 376 g/mol. The Morgan fingerprint density at radius 3 is 2.27 bits per heavy atom. The maximum absolute atomic E-state index is 12.5.